The van der Waals surface area contributed by atoms with Crippen molar-refractivity contribution in [2.24, 2.45) is 0 Å². The summed E-state index contributed by atoms with van der Waals surface area (Å²) in [5.74, 6) is 0.0746. The molecule has 2 rings (SSSR count). The molecule has 0 bridgehead atoms. The molecule has 0 heterocycles. The summed E-state index contributed by atoms with van der Waals surface area (Å²) in [5.41, 5.74) is 3.52. The van der Waals surface area contributed by atoms with Crippen molar-refractivity contribution in [3.05, 3.63) is 64.7 Å². The average molecular weight is 569 g/mol. The van der Waals surface area contributed by atoms with Crippen molar-refractivity contribution in [2.45, 2.75) is 123 Å². The van der Waals surface area contributed by atoms with Crippen molar-refractivity contribution in [1.82, 2.24) is 0 Å². The van der Waals surface area contributed by atoms with Gasteiger partial charge in [-0.1, -0.05) is 65.8 Å². The quantitative estimate of drug-likeness (QED) is 0.184. The Bertz CT molecular complexity index is 1080. The maximum Gasteiger partial charge on any atom is 0.303 e. The van der Waals surface area contributed by atoms with Gasteiger partial charge in [0, 0.05) is 6.42 Å². The smallest absolute Gasteiger partial charge is 0.303 e. The second kappa shape index (κ2) is 13.6. The number of aliphatic carboxylic acids is 1. The summed E-state index contributed by atoms with van der Waals surface area (Å²) in [7, 11) is 0.732. The SMILES string of the molecule is CC(C)(C)[Si]OC(C)(C)c1ccc(COc2cccc(CCCCC(=O)O)c2)cc1C(C)(C)O[Si]C(C)(C)C. The van der Waals surface area contributed by atoms with E-state index in [1.165, 1.54) is 0 Å². The molecule has 2 aromatic carbocycles. The van der Waals surface area contributed by atoms with Crippen LogP contribution in [0, 0.1) is 0 Å². The molecular weight excluding hydrogens is 521 g/mol. The zero-order valence-corrected chi connectivity index (χ0v) is 27.7. The standard InChI is InChI=1S/C32H48O5Si2/c1-29(2,3)38-36-31(7,8)26-19-18-24(21-27(26)32(9,10)37-39-30(4,5)6)22-35-25-16-13-15-23(20-25)14-11-12-17-28(33)34/h13,15-16,18-21H,11-12,14,17,22H2,1-10H3,(H,33,34). The normalized spacial score (nSPS) is 13.0. The van der Waals surface area contributed by atoms with Crippen LogP contribution in [0.1, 0.15) is 111 Å². The Balaban J connectivity index is 2.27. The number of carboxylic acids is 1. The van der Waals surface area contributed by atoms with E-state index in [0.717, 1.165) is 40.8 Å². The molecule has 0 saturated carbocycles. The van der Waals surface area contributed by atoms with Crippen LogP contribution in [-0.4, -0.2) is 30.6 Å². The molecule has 0 aliphatic carbocycles. The average Bonchev–Trinajstić information content (AvgIpc) is 2.82. The lowest BCUT2D eigenvalue weighted by Gasteiger charge is -2.37. The summed E-state index contributed by atoms with van der Waals surface area (Å²) in [5, 5.41) is 9.03. The zero-order chi connectivity index (χ0) is 29.5. The molecule has 0 saturated heterocycles. The second-order valence-electron chi connectivity index (χ2n) is 13.3. The molecule has 0 aromatic heterocycles. The Morgan fingerprint density at radius 1 is 0.744 bits per heavy atom. The Morgan fingerprint density at radius 2 is 1.33 bits per heavy atom. The Hall–Kier alpha value is -1.94. The highest BCUT2D eigenvalue weighted by Crippen LogP contribution is 2.39. The van der Waals surface area contributed by atoms with Crippen LogP contribution >= 0.6 is 0 Å². The zero-order valence-electron chi connectivity index (χ0n) is 25.7. The summed E-state index contributed by atoms with van der Waals surface area (Å²) in [4.78, 5) is 10.8. The van der Waals surface area contributed by atoms with Gasteiger partial charge in [-0.3, -0.25) is 4.79 Å². The van der Waals surface area contributed by atoms with Crippen LogP contribution in [0.2, 0.25) is 10.1 Å². The van der Waals surface area contributed by atoms with Crippen molar-refractivity contribution in [2.75, 3.05) is 0 Å². The summed E-state index contributed by atoms with van der Waals surface area (Å²) in [6.45, 7) is 22.2. The highest BCUT2D eigenvalue weighted by Gasteiger charge is 2.34. The molecule has 7 heteroatoms. The molecule has 5 nitrogen and oxygen atoms in total. The first-order chi connectivity index (χ1) is 17.9. The molecule has 4 radical (unpaired) electrons. The summed E-state index contributed by atoms with van der Waals surface area (Å²) in [6, 6.07) is 14.6. The third-order valence-corrected chi connectivity index (χ3v) is 8.47. The fraction of sp³-hybridized carbons (Fsp3) is 0.594. The summed E-state index contributed by atoms with van der Waals surface area (Å²) >= 11 is 0. The number of unbranched alkanes of at least 4 members (excludes halogenated alkanes) is 1. The number of ether oxygens (including phenoxy) is 1. The fourth-order valence-corrected chi connectivity index (χ4v) is 5.28. The van der Waals surface area contributed by atoms with E-state index in [1.54, 1.807) is 0 Å². The number of benzene rings is 2. The van der Waals surface area contributed by atoms with Crippen LogP contribution in [0.15, 0.2) is 42.5 Å². The van der Waals surface area contributed by atoms with Crippen LogP contribution < -0.4 is 4.74 Å². The molecular formula is C32H48O5Si2. The van der Waals surface area contributed by atoms with E-state index in [2.05, 4.69) is 99.6 Å². The summed E-state index contributed by atoms with van der Waals surface area (Å²) < 4.78 is 19.3. The number of aryl methyl sites for hydroxylation is 1. The monoisotopic (exact) mass is 568 g/mol. The second-order valence-corrected chi connectivity index (χ2v) is 17.2. The van der Waals surface area contributed by atoms with Crippen LogP contribution in [0.5, 0.6) is 5.75 Å². The van der Waals surface area contributed by atoms with Gasteiger partial charge in [-0.05, 0) is 97.5 Å². The van der Waals surface area contributed by atoms with Gasteiger partial charge in [0.1, 0.15) is 12.4 Å². The first-order valence-electron chi connectivity index (χ1n) is 13.9. The number of rotatable bonds is 14. The van der Waals surface area contributed by atoms with Crippen molar-refractivity contribution < 1.29 is 23.5 Å². The number of hydrogen-bond acceptors (Lipinski definition) is 4. The highest BCUT2D eigenvalue weighted by atomic mass is 28.2. The molecule has 39 heavy (non-hydrogen) atoms. The van der Waals surface area contributed by atoms with Crippen molar-refractivity contribution in [3.8, 4) is 5.75 Å². The minimum Gasteiger partial charge on any atom is -0.489 e. The van der Waals surface area contributed by atoms with E-state index in [-0.39, 0.29) is 16.5 Å². The number of carboxylic acid groups (broad SMARTS) is 1. The Labute approximate surface area is 241 Å². The number of hydrogen-bond donors (Lipinski definition) is 1. The predicted octanol–water partition coefficient (Wildman–Crippen LogP) is 8.24. The van der Waals surface area contributed by atoms with Crippen molar-refractivity contribution in [1.29, 1.82) is 0 Å². The molecule has 0 fully saturated rings. The van der Waals surface area contributed by atoms with Crippen molar-refractivity contribution >= 4 is 25.5 Å². The van der Waals surface area contributed by atoms with Gasteiger partial charge in [-0.15, -0.1) is 0 Å². The van der Waals surface area contributed by atoms with Crippen LogP contribution in [0.25, 0.3) is 0 Å². The van der Waals surface area contributed by atoms with E-state index in [1.807, 2.05) is 12.1 Å². The molecule has 0 atom stereocenters. The first-order valence-corrected chi connectivity index (χ1v) is 15.7. The van der Waals surface area contributed by atoms with Gasteiger partial charge in [-0.2, -0.15) is 0 Å². The maximum absolute atomic E-state index is 10.8. The molecule has 0 unspecified atom stereocenters. The molecule has 214 valence electrons. The van der Waals surface area contributed by atoms with Crippen LogP contribution in [-0.2, 0) is 37.9 Å². The molecule has 0 aliphatic heterocycles. The molecule has 0 spiro atoms. The molecule has 1 N–H and O–H groups in total. The van der Waals surface area contributed by atoms with E-state index in [4.69, 9.17) is 18.7 Å². The van der Waals surface area contributed by atoms with E-state index in [9.17, 15) is 4.79 Å². The predicted molar refractivity (Wildman–Crippen MR) is 162 cm³/mol. The van der Waals surface area contributed by atoms with Crippen LogP contribution in [0.3, 0.4) is 0 Å². The van der Waals surface area contributed by atoms with Crippen molar-refractivity contribution in [3.63, 3.8) is 0 Å². The van der Waals surface area contributed by atoms with Gasteiger partial charge in [0.05, 0.1) is 11.2 Å². The van der Waals surface area contributed by atoms with Gasteiger partial charge < -0.3 is 18.7 Å². The topological polar surface area (TPSA) is 65.0 Å². The lowest BCUT2D eigenvalue weighted by atomic mass is 9.84. The van der Waals surface area contributed by atoms with E-state index in [0.29, 0.717) is 32.6 Å². The highest BCUT2D eigenvalue weighted by molar-refractivity contribution is 6.32. The summed E-state index contributed by atoms with van der Waals surface area (Å²) in [6.07, 6.45) is 2.58. The molecule has 2 aromatic rings. The third kappa shape index (κ3) is 12.0. The van der Waals surface area contributed by atoms with E-state index >= 15 is 0 Å². The Kier molecular flexibility index (Phi) is 11.6. The maximum atomic E-state index is 10.8. The lowest BCUT2D eigenvalue weighted by Crippen LogP contribution is -2.34. The van der Waals surface area contributed by atoms with E-state index < -0.39 is 17.2 Å². The van der Waals surface area contributed by atoms with Gasteiger partial charge >= 0.3 is 5.97 Å². The minimum atomic E-state index is -0.741. The molecule has 0 aliphatic rings. The number of carbonyl (C=O) groups is 1. The minimum absolute atomic E-state index is 0.0798. The van der Waals surface area contributed by atoms with Crippen LogP contribution in [0.4, 0.5) is 0 Å². The first kappa shape index (κ1) is 33.3. The van der Waals surface area contributed by atoms with Gasteiger partial charge in [-0.25, -0.2) is 0 Å². The molecule has 0 amide bonds. The Morgan fingerprint density at radius 3 is 1.90 bits per heavy atom. The third-order valence-electron chi connectivity index (χ3n) is 6.02. The van der Waals surface area contributed by atoms with Gasteiger partial charge in [0.2, 0.25) is 19.5 Å². The largest absolute Gasteiger partial charge is 0.489 e. The lowest BCUT2D eigenvalue weighted by molar-refractivity contribution is -0.137. The fourth-order valence-electron chi connectivity index (χ4n) is 3.94. The van der Waals surface area contributed by atoms with Gasteiger partial charge in [0.25, 0.3) is 0 Å². The van der Waals surface area contributed by atoms with Gasteiger partial charge in [0.15, 0.2) is 0 Å².